The van der Waals surface area contributed by atoms with Crippen molar-refractivity contribution in [2.45, 2.75) is 36.9 Å². The third kappa shape index (κ3) is 3.46. The summed E-state index contributed by atoms with van der Waals surface area (Å²) in [6.07, 6.45) is -4.03. The molecule has 1 saturated carbocycles. The first kappa shape index (κ1) is 16.0. The number of halogens is 4. The average molecular weight is 326 g/mol. The monoisotopic (exact) mass is 326 g/mol. The Morgan fingerprint density at radius 2 is 1.90 bits per heavy atom. The van der Waals surface area contributed by atoms with Crippen LogP contribution in [0.15, 0.2) is 17.0 Å². The number of nitrogens with zero attached hydrogens (tertiary/aromatic N) is 1. The van der Waals surface area contributed by atoms with Gasteiger partial charge in [0.2, 0.25) is 10.0 Å². The molecule has 2 N–H and O–H groups in total. The van der Waals surface area contributed by atoms with Crippen molar-refractivity contribution in [1.29, 1.82) is 0 Å². The molecule has 2 rings (SSSR count). The Balaban J connectivity index is 2.46. The van der Waals surface area contributed by atoms with Crippen LogP contribution in [0.4, 0.5) is 23.2 Å². The van der Waals surface area contributed by atoms with Gasteiger partial charge in [-0.3, -0.25) is 0 Å². The molecule has 0 unspecified atom stereocenters. The summed E-state index contributed by atoms with van der Waals surface area (Å²) < 4.78 is 76.5. The van der Waals surface area contributed by atoms with Crippen LogP contribution >= 0.6 is 0 Å². The first-order chi connectivity index (χ1) is 9.52. The van der Waals surface area contributed by atoms with Crippen molar-refractivity contribution in [2.75, 3.05) is 12.3 Å². The van der Waals surface area contributed by atoms with Gasteiger partial charge in [-0.15, -0.1) is 0 Å². The molecule has 9 heteroatoms. The lowest BCUT2D eigenvalue weighted by atomic mass is 10.2. The maximum atomic E-state index is 13.9. The van der Waals surface area contributed by atoms with Gasteiger partial charge in [0.05, 0.1) is 0 Å². The van der Waals surface area contributed by atoms with E-state index in [0.29, 0.717) is 22.7 Å². The molecule has 4 nitrogen and oxygen atoms in total. The van der Waals surface area contributed by atoms with E-state index in [1.807, 2.05) is 0 Å². The molecule has 1 aromatic rings. The fraction of sp³-hybridized carbons (Fsp3) is 0.500. The quantitative estimate of drug-likeness (QED) is 0.683. The molecule has 1 aromatic carbocycles. The van der Waals surface area contributed by atoms with Crippen LogP contribution in [0.2, 0.25) is 0 Å². The molecule has 0 heterocycles. The third-order valence-electron chi connectivity index (χ3n) is 3.20. The molecular formula is C12H14F4N2O2S. The Morgan fingerprint density at radius 3 is 2.38 bits per heavy atom. The van der Waals surface area contributed by atoms with Gasteiger partial charge in [0.15, 0.2) is 0 Å². The van der Waals surface area contributed by atoms with Gasteiger partial charge in [0, 0.05) is 11.7 Å². The number of nitrogen functional groups attached to an aromatic ring is 1. The van der Waals surface area contributed by atoms with Gasteiger partial charge in [-0.1, -0.05) is 0 Å². The highest BCUT2D eigenvalue weighted by molar-refractivity contribution is 7.89. The lowest BCUT2D eigenvalue weighted by Gasteiger charge is -2.23. The first-order valence-corrected chi connectivity index (χ1v) is 7.60. The molecule has 0 aliphatic heterocycles. The highest BCUT2D eigenvalue weighted by atomic mass is 32.2. The smallest absolute Gasteiger partial charge is 0.398 e. The fourth-order valence-electron chi connectivity index (χ4n) is 1.94. The van der Waals surface area contributed by atoms with E-state index >= 15 is 0 Å². The molecule has 1 fully saturated rings. The van der Waals surface area contributed by atoms with E-state index in [0.717, 1.165) is 12.1 Å². The minimum Gasteiger partial charge on any atom is -0.398 e. The first-order valence-electron chi connectivity index (χ1n) is 6.16. The van der Waals surface area contributed by atoms with Crippen LogP contribution in [0.1, 0.15) is 18.4 Å². The van der Waals surface area contributed by atoms with E-state index in [9.17, 15) is 26.0 Å². The second-order valence-corrected chi connectivity index (χ2v) is 6.89. The fourth-order valence-corrected chi connectivity index (χ4v) is 3.70. The normalized spacial score (nSPS) is 16.5. The minimum absolute atomic E-state index is 0.0118. The molecule has 0 amide bonds. The highest BCUT2D eigenvalue weighted by Gasteiger charge is 2.45. The Kier molecular flexibility index (Phi) is 3.92. The predicted octanol–water partition coefficient (Wildman–Crippen LogP) is 2.43. The largest absolute Gasteiger partial charge is 0.402 e. The number of benzene rings is 1. The van der Waals surface area contributed by atoms with Crippen molar-refractivity contribution in [1.82, 2.24) is 4.31 Å². The summed E-state index contributed by atoms with van der Waals surface area (Å²) in [4.78, 5) is -0.818. The van der Waals surface area contributed by atoms with Crippen LogP contribution in [-0.4, -0.2) is 31.5 Å². The maximum Gasteiger partial charge on any atom is 0.402 e. The van der Waals surface area contributed by atoms with Crippen LogP contribution in [0, 0.1) is 12.7 Å². The summed E-state index contributed by atoms with van der Waals surface area (Å²) in [6.45, 7) is -0.156. The van der Waals surface area contributed by atoms with E-state index < -0.39 is 39.5 Å². The Bertz CT molecular complexity index is 654. The number of hydrogen-bond donors (Lipinski definition) is 1. The van der Waals surface area contributed by atoms with Crippen LogP contribution in [0.25, 0.3) is 0 Å². The lowest BCUT2D eigenvalue weighted by Crippen LogP contribution is -2.40. The van der Waals surface area contributed by atoms with Crippen LogP contribution in [0.5, 0.6) is 0 Å². The average Bonchev–Trinajstić information content (AvgIpc) is 3.13. The summed E-state index contributed by atoms with van der Waals surface area (Å²) in [7, 11) is -4.58. The van der Waals surface area contributed by atoms with E-state index in [-0.39, 0.29) is 5.69 Å². The van der Waals surface area contributed by atoms with Crippen molar-refractivity contribution in [3.63, 3.8) is 0 Å². The predicted molar refractivity (Wildman–Crippen MR) is 68.5 cm³/mol. The second-order valence-electron chi connectivity index (χ2n) is 5.04. The van der Waals surface area contributed by atoms with Crippen LogP contribution < -0.4 is 5.73 Å². The molecule has 0 saturated heterocycles. The summed E-state index contributed by atoms with van der Waals surface area (Å²) in [6, 6.07) is 1.03. The number of nitrogens with two attached hydrogens (primary N) is 1. The van der Waals surface area contributed by atoms with Crippen molar-refractivity contribution in [2.24, 2.45) is 0 Å². The van der Waals surface area contributed by atoms with E-state index in [4.69, 9.17) is 5.73 Å². The van der Waals surface area contributed by atoms with Gasteiger partial charge in [-0.2, -0.15) is 17.5 Å². The number of aryl methyl sites for hydroxylation is 1. The Hall–Kier alpha value is -1.35. The number of rotatable bonds is 4. The maximum absolute atomic E-state index is 13.9. The van der Waals surface area contributed by atoms with E-state index in [1.165, 1.54) is 6.92 Å². The summed E-state index contributed by atoms with van der Waals surface area (Å²) in [5.74, 6) is -1.10. The van der Waals surface area contributed by atoms with Crippen molar-refractivity contribution < 1.29 is 26.0 Å². The topological polar surface area (TPSA) is 63.4 Å². The standard InChI is InChI=1S/C12H14F4N2O2S/c1-7-4-9(13)11(5-10(7)17)21(19,20)18(8-2-3-8)6-12(14,15)16/h4-5,8H,2-3,6,17H2,1H3. The number of alkyl halides is 3. The molecule has 1 aliphatic carbocycles. The molecule has 118 valence electrons. The molecule has 0 spiro atoms. The third-order valence-corrected chi connectivity index (χ3v) is 5.11. The van der Waals surface area contributed by atoms with Gasteiger partial charge in [0.25, 0.3) is 0 Å². The van der Waals surface area contributed by atoms with Crippen molar-refractivity contribution in [3.8, 4) is 0 Å². The van der Waals surface area contributed by atoms with Crippen molar-refractivity contribution in [3.05, 3.63) is 23.5 Å². The lowest BCUT2D eigenvalue weighted by molar-refractivity contribution is -0.137. The van der Waals surface area contributed by atoms with Gasteiger partial charge in [-0.25, -0.2) is 12.8 Å². The zero-order valence-electron chi connectivity index (χ0n) is 11.1. The summed E-state index contributed by atoms with van der Waals surface area (Å²) in [5, 5.41) is 0. The van der Waals surface area contributed by atoms with Gasteiger partial charge >= 0.3 is 6.18 Å². The van der Waals surface area contributed by atoms with E-state index in [2.05, 4.69) is 0 Å². The van der Waals surface area contributed by atoms with Crippen molar-refractivity contribution >= 4 is 15.7 Å². The second kappa shape index (κ2) is 5.13. The minimum atomic E-state index is -4.69. The molecule has 0 atom stereocenters. The summed E-state index contributed by atoms with van der Waals surface area (Å²) >= 11 is 0. The van der Waals surface area contributed by atoms with Crippen LogP contribution in [-0.2, 0) is 10.0 Å². The number of anilines is 1. The zero-order valence-corrected chi connectivity index (χ0v) is 11.9. The van der Waals surface area contributed by atoms with Gasteiger partial charge in [-0.05, 0) is 37.5 Å². The molecule has 0 aromatic heterocycles. The molecule has 0 bridgehead atoms. The molecule has 1 aliphatic rings. The molecular weight excluding hydrogens is 312 g/mol. The summed E-state index contributed by atoms with van der Waals surface area (Å²) in [5.41, 5.74) is 5.86. The molecule has 21 heavy (non-hydrogen) atoms. The molecule has 0 radical (unpaired) electrons. The Labute approximate surface area is 119 Å². The van der Waals surface area contributed by atoms with Gasteiger partial charge < -0.3 is 5.73 Å². The van der Waals surface area contributed by atoms with Crippen LogP contribution in [0.3, 0.4) is 0 Å². The zero-order chi connectivity index (χ0) is 16.0. The highest BCUT2D eigenvalue weighted by Crippen LogP contribution is 2.36. The Morgan fingerprint density at radius 1 is 1.33 bits per heavy atom. The van der Waals surface area contributed by atoms with E-state index in [1.54, 1.807) is 0 Å². The number of hydrogen-bond acceptors (Lipinski definition) is 3. The van der Waals surface area contributed by atoms with Gasteiger partial charge in [0.1, 0.15) is 17.3 Å². The SMILES string of the molecule is Cc1cc(F)c(S(=O)(=O)N(CC(F)(F)F)C2CC2)cc1N. The number of sulfonamides is 1.